The number of rotatable bonds is 3. The van der Waals surface area contributed by atoms with E-state index in [4.69, 9.17) is 10.8 Å². The molecular formula is C8H15NO2. The maximum Gasteiger partial charge on any atom is 0.244 e. The third kappa shape index (κ3) is 3.78. The van der Waals surface area contributed by atoms with Crippen molar-refractivity contribution in [3.63, 3.8) is 0 Å². The molecule has 0 unspecified atom stereocenters. The third-order valence-corrected chi connectivity index (χ3v) is 1.40. The van der Waals surface area contributed by atoms with Crippen LogP contribution in [-0.2, 0) is 4.79 Å². The predicted octanol–water partition coefficient (Wildman–Crippen LogP) is 0.437. The Bertz CT molecular complexity index is 183. The van der Waals surface area contributed by atoms with Crippen molar-refractivity contribution in [3.05, 3.63) is 11.6 Å². The van der Waals surface area contributed by atoms with Crippen molar-refractivity contribution in [2.75, 3.05) is 6.61 Å². The second kappa shape index (κ2) is 3.53. The van der Waals surface area contributed by atoms with Crippen LogP contribution in [0, 0.1) is 5.41 Å². The van der Waals surface area contributed by atoms with Crippen molar-refractivity contribution in [3.8, 4) is 0 Å². The van der Waals surface area contributed by atoms with Gasteiger partial charge in [0.2, 0.25) is 5.91 Å². The van der Waals surface area contributed by atoms with Crippen LogP contribution < -0.4 is 5.73 Å². The lowest BCUT2D eigenvalue weighted by molar-refractivity contribution is -0.114. The Kier molecular flexibility index (Phi) is 3.26. The minimum atomic E-state index is -0.438. The highest BCUT2D eigenvalue weighted by Gasteiger charge is 2.14. The molecule has 64 valence electrons. The zero-order valence-corrected chi connectivity index (χ0v) is 7.22. The van der Waals surface area contributed by atoms with E-state index in [1.165, 1.54) is 0 Å². The summed E-state index contributed by atoms with van der Waals surface area (Å²) in [4.78, 5) is 10.6. The van der Waals surface area contributed by atoms with Gasteiger partial charge in [0.15, 0.2) is 0 Å². The Hall–Kier alpha value is -0.830. The van der Waals surface area contributed by atoms with Crippen LogP contribution in [0.2, 0.25) is 0 Å². The second-order valence-electron chi connectivity index (χ2n) is 3.34. The van der Waals surface area contributed by atoms with E-state index < -0.39 is 5.91 Å². The maximum absolute atomic E-state index is 10.6. The van der Waals surface area contributed by atoms with E-state index in [0.717, 1.165) is 0 Å². The molecule has 0 spiro atoms. The Labute approximate surface area is 66.9 Å². The zero-order chi connectivity index (χ0) is 9.07. The summed E-state index contributed by atoms with van der Waals surface area (Å²) in [6.07, 6.45) is 1.68. The molecule has 0 aromatic carbocycles. The highest BCUT2D eigenvalue weighted by molar-refractivity contribution is 5.91. The van der Waals surface area contributed by atoms with Gasteiger partial charge >= 0.3 is 0 Å². The number of aliphatic hydroxyl groups excluding tert-OH is 1. The Morgan fingerprint density at radius 3 is 2.36 bits per heavy atom. The van der Waals surface area contributed by atoms with Gasteiger partial charge in [-0.25, -0.2) is 0 Å². The van der Waals surface area contributed by atoms with Crippen LogP contribution in [-0.4, -0.2) is 17.6 Å². The Morgan fingerprint density at radius 2 is 2.09 bits per heavy atom. The normalized spacial score (nSPS) is 13.3. The summed E-state index contributed by atoms with van der Waals surface area (Å²) in [5, 5.41) is 8.83. The van der Waals surface area contributed by atoms with Gasteiger partial charge in [0.05, 0.1) is 6.61 Å². The van der Waals surface area contributed by atoms with Gasteiger partial charge in [0, 0.05) is 11.0 Å². The molecule has 0 atom stereocenters. The van der Waals surface area contributed by atoms with Gasteiger partial charge < -0.3 is 10.8 Å². The lowest BCUT2D eigenvalue weighted by Gasteiger charge is -2.16. The molecule has 0 bridgehead atoms. The first-order valence-corrected chi connectivity index (χ1v) is 3.49. The van der Waals surface area contributed by atoms with E-state index in [2.05, 4.69) is 0 Å². The third-order valence-electron chi connectivity index (χ3n) is 1.40. The van der Waals surface area contributed by atoms with Gasteiger partial charge in [0.1, 0.15) is 0 Å². The van der Waals surface area contributed by atoms with E-state index in [1.807, 2.05) is 13.8 Å². The molecular weight excluding hydrogens is 142 g/mol. The Morgan fingerprint density at radius 1 is 1.64 bits per heavy atom. The molecule has 11 heavy (non-hydrogen) atoms. The number of hydrogen-bond acceptors (Lipinski definition) is 2. The standard InChI is InChI=1S/C8H15NO2/c1-6(7(9)11)4-8(2,3)5-10/h4,10H,5H2,1-3H3,(H2,9,11)/b6-4+. The summed E-state index contributed by atoms with van der Waals surface area (Å²) in [5.41, 5.74) is 5.14. The van der Waals surface area contributed by atoms with Crippen LogP contribution in [0.5, 0.6) is 0 Å². The highest BCUT2D eigenvalue weighted by Crippen LogP contribution is 2.17. The van der Waals surface area contributed by atoms with Crippen molar-refractivity contribution in [2.45, 2.75) is 20.8 Å². The molecule has 3 nitrogen and oxygen atoms in total. The topological polar surface area (TPSA) is 63.3 Å². The smallest absolute Gasteiger partial charge is 0.244 e. The van der Waals surface area contributed by atoms with Gasteiger partial charge in [-0.1, -0.05) is 19.9 Å². The van der Waals surface area contributed by atoms with Gasteiger partial charge in [-0.3, -0.25) is 4.79 Å². The molecule has 0 aliphatic heterocycles. The molecule has 0 rings (SSSR count). The monoisotopic (exact) mass is 157 g/mol. The van der Waals surface area contributed by atoms with E-state index >= 15 is 0 Å². The summed E-state index contributed by atoms with van der Waals surface area (Å²) < 4.78 is 0. The van der Waals surface area contributed by atoms with Crippen LogP contribution in [0.25, 0.3) is 0 Å². The maximum atomic E-state index is 10.6. The number of nitrogens with two attached hydrogens (primary N) is 1. The Balaban J connectivity index is 4.41. The summed E-state index contributed by atoms with van der Waals surface area (Å²) in [6.45, 7) is 5.32. The van der Waals surface area contributed by atoms with Crippen molar-refractivity contribution in [1.82, 2.24) is 0 Å². The summed E-state index contributed by atoms with van der Waals surface area (Å²) >= 11 is 0. The first-order chi connectivity index (χ1) is 4.89. The molecule has 0 radical (unpaired) electrons. The van der Waals surface area contributed by atoms with Crippen molar-refractivity contribution in [1.29, 1.82) is 0 Å². The van der Waals surface area contributed by atoms with Crippen LogP contribution in [0.15, 0.2) is 11.6 Å². The summed E-state index contributed by atoms with van der Waals surface area (Å²) in [5.74, 6) is -0.438. The van der Waals surface area contributed by atoms with Gasteiger partial charge in [-0.05, 0) is 6.92 Å². The van der Waals surface area contributed by atoms with E-state index in [-0.39, 0.29) is 12.0 Å². The van der Waals surface area contributed by atoms with Crippen LogP contribution in [0.4, 0.5) is 0 Å². The quantitative estimate of drug-likeness (QED) is 0.584. The molecule has 0 saturated carbocycles. The highest BCUT2D eigenvalue weighted by atomic mass is 16.3. The molecule has 1 amide bonds. The molecule has 0 heterocycles. The van der Waals surface area contributed by atoms with E-state index in [9.17, 15) is 4.79 Å². The largest absolute Gasteiger partial charge is 0.395 e. The van der Waals surface area contributed by atoms with Gasteiger partial charge in [-0.15, -0.1) is 0 Å². The summed E-state index contributed by atoms with van der Waals surface area (Å²) in [7, 11) is 0. The number of carbonyl (C=O) groups excluding carboxylic acids is 1. The van der Waals surface area contributed by atoms with Crippen molar-refractivity contribution >= 4 is 5.91 Å². The molecule has 0 fully saturated rings. The van der Waals surface area contributed by atoms with E-state index in [1.54, 1.807) is 13.0 Å². The van der Waals surface area contributed by atoms with Gasteiger partial charge in [-0.2, -0.15) is 0 Å². The molecule has 0 aliphatic rings. The van der Waals surface area contributed by atoms with Crippen LogP contribution >= 0.6 is 0 Å². The molecule has 0 aromatic heterocycles. The molecule has 0 aliphatic carbocycles. The lowest BCUT2D eigenvalue weighted by atomic mass is 9.92. The van der Waals surface area contributed by atoms with E-state index in [0.29, 0.717) is 5.57 Å². The average Bonchev–Trinajstić information content (AvgIpc) is 1.87. The minimum absolute atomic E-state index is 0.0115. The lowest BCUT2D eigenvalue weighted by Crippen LogP contribution is -2.18. The first kappa shape index (κ1) is 10.2. The average molecular weight is 157 g/mol. The zero-order valence-electron chi connectivity index (χ0n) is 7.22. The second-order valence-corrected chi connectivity index (χ2v) is 3.34. The predicted molar refractivity (Wildman–Crippen MR) is 43.8 cm³/mol. The minimum Gasteiger partial charge on any atom is -0.395 e. The summed E-state index contributed by atoms with van der Waals surface area (Å²) in [6, 6.07) is 0. The number of aliphatic hydroxyl groups is 1. The fraction of sp³-hybridized carbons (Fsp3) is 0.625. The fourth-order valence-electron chi connectivity index (χ4n) is 0.703. The fourth-order valence-corrected chi connectivity index (χ4v) is 0.703. The molecule has 3 N–H and O–H groups in total. The number of primary amides is 1. The van der Waals surface area contributed by atoms with Crippen molar-refractivity contribution < 1.29 is 9.90 Å². The van der Waals surface area contributed by atoms with Crippen molar-refractivity contribution in [2.24, 2.45) is 11.1 Å². The molecule has 3 heteroatoms. The van der Waals surface area contributed by atoms with Crippen LogP contribution in [0.3, 0.4) is 0 Å². The first-order valence-electron chi connectivity index (χ1n) is 3.49. The molecule has 0 saturated heterocycles. The van der Waals surface area contributed by atoms with Gasteiger partial charge in [0.25, 0.3) is 0 Å². The SMILES string of the molecule is C/C(=C\C(C)(C)CO)C(N)=O. The number of hydrogen-bond donors (Lipinski definition) is 2. The van der Waals surface area contributed by atoms with Crippen LogP contribution in [0.1, 0.15) is 20.8 Å². The molecule has 0 aromatic rings. The number of carbonyl (C=O) groups is 1. The number of amides is 1.